The van der Waals surface area contributed by atoms with E-state index in [4.69, 9.17) is 10.5 Å². The second kappa shape index (κ2) is 6.15. The highest BCUT2D eigenvalue weighted by atomic mass is 32.2. The van der Waals surface area contributed by atoms with Crippen LogP contribution in [0, 0.1) is 6.92 Å². The molecular formula is C15H18N2O3S. The zero-order valence-electron chi connectivity index (χ0n) is 12.0. The summed E-state index contributed by atoms with van der Waals surface area (Å²) >= 11 is 0. The molecule has 0 fully saturated rings. The quantitative estimate of drug-likeness (QED) is 0.829. The van der Waals surface area contributed by atoms with E-state index in [-0.39, 0.29) is 11.4 Å². The molecule has 5 nitrogen and oxygen atoms in total. The Morgan fingerprint density at radius 2 is 1.81 bits per heavy atom. The summed E-state index contributed by atoms with van der Waals surface area (Å²) in [6.07, 6.45) is 0. The fourth-order valence-corrected chi connectivity index (χ4v) is 2.92. The van der Waals surface area contributed by atoms with Gasteiger partial charge in [-0.25, -0.2) is 13.1 Å². The average Bonchev–Trinajstić information content (AvgIpc) is 2.48. The molecule has 0 unspecified atom stereocenters. The number of sulfonamides is 1. The van der Waals surface area contributed by atoms with Crippen LogP contribution in [-0.2, 0) is 16.6 Å². The molecule has 0 atom stereocenters. The van der Waals surface area contributed by atoms with Gasteiger partial charge in [0.15, 0.2) is 0 Å². The van der Waals surface area contributed by atoms with E-state index in [1.54, 1.807) is 38.3 Å². The number of rotatable bonds is 5. The van der Waals surface area contributed by atoms with Gasteiger partial charge in [-0.15, -0.1) is 0 Å². The van der Waals surface area contributed by atoms with E-state index in [9.17, 15) is 8.42 Å². The molecule has 0 aliphatic carbocycles. The number of nitrogens with one attached hydrogen (secondary N) is 1. The van der Waals surface area contributed by atoms with Crippen molar-refractivity contribution in [3.05, 3.63) is 53.6 Å². The lowest BCUT2D eigenvalue weighted by Crippen LogP contribution is -2.23. The molecule has 0 aliphatic heterocycles. The monoisotopic (exact) mass is 306 g/mol. The molecular weight excluding hydrogens is 288 g/mol. The molecule has 2 rings (SSSR count). The topological polar surface area (TPSA) is 81.4 Å². The first kappa shape index (κ1) is 15.3. The predicted molar refractivity (Wildman–Crippen MR) is 82.6 cm³/mol. The number of nitrogen functional groups attached to an aromatic ring is 1. The fourth-order valence-electron chi connectivity index (χ4n) is 1.82. The Bertz CT molecular complexity index is 725. The van der Waals surface area contributed by atoms with Crippen LogP contribution in [0.1, 0.15) is 11.1 Å². The van der Waals surface area contributed by atoms with Crippen molar-refractivity contribution in [1.82, 2.24) is 4.72 Å². The normalized spacial score (nSPS) is 11.3. The van der Waals surface area contributed by atoms with E-state index in [1.807, 2.05) is 12.1 Å². The number of ether oxygens (including phenoxy) is 1. The van der Waals surface area contributed by atoms with Crippen LogP contribution in [-0.4, -0.2) is 15.5 Å². The highest BCUT2D eigenvalue weighted by Gasteiger charge is 2.14. The van der Waals surface area contributed by atoms with Gasteiger partial charge < -0.3 is 10.5 Å². The van der Waals surface area contributed by atoms with Crippen LogP contribution in [0.3, 0.4) is 0 Å². The lowest BCUT2D eigenvalue weighted by molar-refractivity contribution is 0.414. The van der Waals surface area contributed by atoms with Crippen molar-refractivity contribution in [2.45, 2.75) is 18.4 Å². The highest BCUT2D eigenvalue weighted by Crippen LogP contribution is 2.17. The summed E-state index contributed by atoms with van der Waals surface area (Å²) in [6.45, 7) is 1.99. The number of hydrogen-bond donors (Lipinski definition) is 2. The van der Waals surface area contributed by atoms with Crippen molar-refractivity contribution >= 4 is 15.7 Å². The molecule has 0 heterocycles. The van der Waals surface area contributed by atoms with Crippen LogP contribution < -0.4 is 15.2 Å². The van der Waals surface area contributed by atoms with Crippen LogP contribution in [0.5, 0.6) is 5.75 Å². The second-order valence-corrected chi connectivity index (χ2v) is 6.46. The number of hydrogen-bond acceptors (Lipinski definition) is 4. The summed E-state index contributed by atoms with van der Waals surface area (Å²) in [5, 5.41) is 0. The summed E-state index contributed by atoms with van der Waals surface area (Å²) < 4.78 is 32.1. The lowest BCUT2D eigenvalue weighted by Gasteiger charge is -2.09. The highest BCUT2D eigenvalue weighted by molar-refractivity contribution is 7.89. The molecule has 112 valence electrons. The molecule has 0 spiro atoms. The van der Waals surface area contributed by atoms with E-state index in [0.717, 1.165) is 16.9 Å². The Hall–Kier alpha value is -2.05. The minimum atomic E-state index is -3.55. The van der Waals surface area contributed by atoms with Crippen LogP contribution >= 0.6 is 0 Å². The number of anilines is 1. The number of aryl methyl sites for hydroxylation is 1. The minimum absolute atomic E-state index is 0.211. The maximum Gasteiger partial charge on any atom is 0.240 e. The molecule has 2 aromatic rings. The Morgan fingerprint density at radius 1 is 1.14 bits per heavy atom. The molecule has 2 aromatic carbocycles. The van der Waals surface area contributed by atoms with Gasteiger partial charge in [-0.3, -0.25) is 0 Å². The van der Waals surface area contributed by atoms with Gasteiger partial charge in [-0.1, -0.05) is 12.1 Å². The first-order valence-corrected chi connectivity index (χ1v) is 7.89. The molecule has 0 radical (unpaired) electrons. The fraction of sp³-hybridized carbons (Fsp3) is 0.200. The average molecular weight is 306 g/mol. The lowest BCUT2D eigenvalue weighted by atomic mass is 10.2. The molecule has 0 saturated heterocycles. The van der Waals surface area contributed by atoms with Gasteiger partial charge in [-0.05, 0) is 48.4 Å². The van der Waals surface area contributed by atoms with Crippen LogP contribution in [0.15, 0.2) is 47.4 Å². The summed E-state index contributed by atoms with van der Waals surface area (Å²) in [5.74, 6) is 0.732. The van der Waals surface area contributed by atoms with Gasteiger partial charge in [0, 0.05) is 12.2 Å². The Morgan fingerprint density at radius 3 is 2.38 bits per heavy atom. The minimum Gasteiger partial charge on any atom is -0.497 e. The van der Waals surface area contributed by atoms with Crippen molar-refractivity contribution in [2.75, 3.05) is 12.8 Å². The summed E-state index contributed by atoms with van der Waals surface area (Å²) in [4.78, 5) is 0.211. The molecule has 0 saturated carbocycles. The van der Waals surface area contributed by atoms with Crippen molar-refractivity contribution in [2.24, 2.45) is 0 Å². The molecule has 0 amide bonds. The van der Waals surface area contributed by atoms with E-state index in [1.165, 1.54) is 6.07 Å². The summed E-state index contributed by atoms with van der Waals surface area (Å²) in [5.41, 5.74) is 7.86. The Kier molecular flexibility index (Phi) is 4.50. The maximum atomic E-state index is 12.2. The van der Waals surface area contributed by atoms with Crippen molar-refractivity contribution in [3.63, 3.8) is 0 Å². The van der Waals surface area contributed by atoms with Gasteiger partial charge in [-0.2, -0.15) is 0 Å². The largest absolute Gasteiger partial charge is 0.497 e. The summed E-state index contributed by atoms with van der Waals surface area (Å²) in [7, 11) is -1.97. The standard InChI is InChI=1S/C15H18N2O3S/c1-11-9-14(7-8-15(11)16)21(18,19)17-10-12-3-5-13(20-2)6-4-12/h3-9,17H,10,16H2,1-2H3. The van der Waals surface area contributed by atoms with Gasteiger partial charge >= 0.3 is 0 Å². The van der Waals surface area contributed by atoms with E-state index in [2.05, 4.69) is 4.72 Å². The van der Waals surface area contributed by atoms with Crippen molar-refractivity contribution < 1.29 is 13.2 Å². The molecule has 0 aliphatic rings. The van der Waals surface area contributed by atoms with Crippen LogP contribution in [0.2, 0.25) is 0 Å². The van der Waals surface area contributed by atoms with Crippen molar-refractivity contribution in [3.8, 4) is 5.75 Å². The Labute approximate surface area is 124 Å². The zero-order valence-corrected chi connectivity index (χ0v) is 12.8. The van der Waals surface area contributed by atoms with E-state index in [0.29, 0.717) is 5.69 Å². The zero-order chi connectivity index (χ0) is 15.5. The first-order chi connectivity index (χ1) is 9.92. The third kappa shape index (κ3) is 3.74. The first-order valence-electron chi connectivity index (χ1n) is 6.41. The SMILES string of the molecule is COc1ccc(CNS(=O)(=O)c2ccc(N)c(C)c2)cc1. The molecule has 21 heavy (non-hydrogen) atoms. The van der Waals surface area contributed by atoms with Gasteiger partial charge in [0.2, 0.25) is 10.0 Å². The van der Waals surface area contributed by atoms with Gasteiger partial charge in [0.05, 0.1) is 12.0 Å². The third-order valence-electron chi connectivity index (χ3n) is 3.18. The van der Waals surface area contributed by atoms with Gasteiger partial charge in [0.25, 0.3) is 0 Å². The van der Waals surface area contributed by atoms with Crippen molar-refractivity contribution in [1.29, 1.82) is 0 Å². The molecule has 0 aromatic heterocycles. The van der Waals surface area contributed by atoms with Crippen LogP contribution in [0.4, 0.5) is 5.69 Å². The molecule has 0 bridgehead atoms. The van der Waals surface area contributed by atoms with E-state index >= 15 is 0 Å². The number of benzene rings is 2. The third-order valence-corrected chi connectivity index (χ3v) is 4.58. The smallest absolute Gasteiger partial charge is 0.240 e. The van der Waals surface area contributed by atoms with E-state index < -0.39 is 10.0 Å². The number of methoxy groups -OCH3 is 1. The molecule has 6 heteroatoms. The summed E-state index contributed by atoms with van der Waals surface area (Å²) in [6, 6.07) is 11.9. The Balaban J connectivity index is 2.11. The predicted octanol–water partition coefficient (Wildman–Crippen LogP) is 2.06. The maximum absolute atomic E-state index is 12.2. The number of nitrogens with two attached hydrogens (primary N) is 1. The van der Waals surface area contributed by atoms with Gasteiger partial charge in [0.1, 0.15) is 5.75 Å². The van der Waals surface area contributed by atoms with Crippen LogP contribution in [0.25, 0.3) is 0 Å². The molecule has 3 N–H and O–H groups in total. The second-order valence-electron chi connectivity index (χ2n) is 4.69.